The molecular formula is C20H20F3N5OS. The molecular weight excluding hydrogens is 415 g/mol. The van der Waals surface area contributed by atoms with Gasteiger partial charge in [-0.1, -0.05) is 16.9 Å². The van der Waals surface area contributed by atoms with E-state index in [1.807, 2.05) is 6.92 Å². The fraction of sp³-hybridized carbons (Fsp3) is 0.400. The summed E-state index contributed by atoms with van der Waals surface area (Å²) >= 11 is 0. The van der Waals surface area contributed by atoms with Crippen molar-refractivity contribution in [3.8, 4) is 17.6 Å². The molecule has 1 fully saturated rings. The number of halogens is 3. The smallest absolute Gasteiger partial charge is 0.325 e. The Balaban J connectivity index is 1.94. The van der Waals surface area contributed by atoms with Crippen LogP contribution in [0.25, 0.3) is 22.6 Å². The van der Waals surface area contributed by atoms with Crippen LogP contribution in [0.15, 0.2) is 29.4 Å². The molecule has 0 radical (unpaired) electrons. The summed E-state index contributed by atoms with van der Waals surface area (Å²) in [7, 11) is -1.17. The standard InChI is InChI=1S/C20H20F3N5OS/c1-4-30(3,29)15-7-12(19(11-24)5-6-19)9-26-17(15)18-27-13-8-16(20(21,22)23)25-10-14(13)28(18)2/h7-10,30H,4-6H2,1-3H3. The summed E-state index contributed by atoms with van der Waals surface area (Å²) in [6.45, 7) is 1.81. The zero-order valence-corrected chi connectivity index (χ0v) is 17.6. The van der Waals surface area contributed by atoms with Gasteiger partial charge >= 0.3 is 6.18 Å². The second-order valence-electron chi connectivity index (χ2n) is 7.75. The molecule has 0 N–H and O–H groups in total. The highest BCUT2D eigenvalue weighted by molar-refractivity contribution is 8.02. The van der Waals surface area contributed by atoms with Gasteiger partial charge in [-0.3, -0.25) is 9.19 Å². The Morgan fingerprint density at radius 1 is 1.27 bits per heavy atom. The molecule has 10 heteroatoms. The average Bonchev–Trinajstić information content (AvgIpc) is 3.45. The number of imidazole rings is 1. The van der Waals surface area contributed by atoms with Gasteiger partial charge in [-0.05, 0) is 36.8 Å². The van der Waals surface area contributed by atoms with Crippen LogP contribution in [0, 0.1) is 11.3 Å². The van der Waals surface area contributed by atoms with Crippen molar-refractivity contribution in [1.29, 1.82) is 5.26 Å². The van der Waals surface area contributed by atoms with Gasteiger partial charge in [0, 0.05) is 23.9 Å². The van der Waals surface area contributed by atoms with Gasteiger partial charge in [-0.2, -0.15) is 18.4 Å². The molecule has 1 aliphatic rings. The molecule has 4 rings (SSSR count). The minimum absolute atomic E-state index is 0.129. The molecule has 0 aromatic carbocycles. The van der Waals surface area contributed by atoms with Crippen molar-refractivity contribution in [3.05, 3.63) is 35.8 Å². The summed E-state index contributed by atoms with van der Waals surface area (Å²) in [6.07, 6.45) is 1.24. The lowest BCUT2D eigenvalue weighted by molar-refractivity contribution is -0.141. The Morgan fingerprint density at radius 2 is 1.97 bits per heavy atom. The van der Waals surface area contributed by atoms with Gasteiger partial charge in [0.05, 0.1) is 28.7 Å². The van der Waals surface area contributed by atoms with Crippen molar-refractivity contribution in [2.75, 3.05) is 12.0 Å². The molecule has 30 heavy (non-hydrogen) atoms. The number of hydrogen-bond donors (Lipinski definition) is 1. The number of aromatic nitrogens is 4. The predicted molar refractivity (Wildman–Crippen MR) is 108 cm³/mol. The quantitative estimate of drug-likeness (QED) is 0.633. The second-order valence-corrected chi connectivity index (χ2v) is 11.1. The van der Waals surface area contributed by atoms with Crippen molar-refractivity contribution in [2.45, 2.75) is 36.3 Å². The van der Waals surface area contributed by atoms with Crippen molar-refractivity contribution < 1.29 is 17.4 Å². The molecule has 0 amide bonds. The van der Waals surface area contributed by atoms with Crippen molar-refractivity contribution in [2.24, 2.45) is 7.05 Å². The Labute approximate surface area is 172 Å². The number of fused-ring (bicyclic) bond motifs is 1. The third-order valence-electron chi connectivity index (χ3n) is 5.77. The number of nitrogens with zero attached hydrogens (tertiary/aromatic N) is 5. The molecule has 0 bridgehead atoms. The van der Waals surface area contributed by atoms with Gasteiger partial charge in [0.1, 0.15) is 11.4 Å². The number of rotatable bonds is 4. The van der Waals surface area contributed by atoms with Gasteiger partial charge in [0.2, 0.25) is 0 Å². The number of aryl methyl sites for hydroxylation is 1. The fourth-order valence-electron chi connectivity index (χ4n) is 3.46. The van der Waals surface area contributed by atoms with E-state index in [1.54, 1.807) is 30.1 Å². The minimum atomic E-state index is -4.58. The lowest BCUT2D eigenvalue weighted by Gasteiger charge is -2.21. The van der Waals surface area contributed by atoms with Gasteiger partial charge in [-0.25, -0.2) is 9.97 Å². The van der Waals surface area contributed by atoms with Gasteiger partial charge in [0.25, 0.3) is 0 Å². The van der Waals surface area contributed by atoms with E-state index in [1.165, 1.54) is 0 Å². The molecule has 0 spiro atoms. The summed E-state index contributed by atoms with van der Waals surface area (Å²) in [5, 5.41) is 9.52. The largest absolute Gasteiger partial charge is 0.433 e. The number of thiol groups is 1. The van der Waals surface area contributed by atoms with Crippen LogP contribution in [0.4, 0.5) is 13.2 Å². The van der Waals surface area contributed by atoms with Crippen LogP contribution < -0.4 is 0 Å². The van der Waals surface area contributed by atoms with Crippen LogP contribution in [0.5, 0.6) is 0 Å². The van der Waals surface area contributed by atoms with E-state index >= 15 is 0 Å². The maximum absolute atomic E-state index is 13.4. The molecule has 1 aliphatic carbocycles. The van der Waals surface area contributed by atoms with E-state index in [-0.39, 0.29) is 5.52 Å². The monoisotopic (exact) mass is 435 g/mol. The number of pyridine rings is 2. The van der Waals surface area contributed by atoms with Crippen LogP contribution >= 0.6 is 0 Å². The number of alkyl halides is 3. The third kappa shape index (κ3) is 3.17. The van der Waals surface area contributed by atoms with Crippen molar-refractivity contribution >= 4 is 21.0 Å². The van der Waals surface area contributed by atoms with E-state index < -0.39 is 27.2 Å². The normalized spacial score (nSPS) is 16.4. The summed E-state index contributed by atoms with van der Waals surface area (Å²) in [5.41, 5.74) is -0.00172. The average molecular weight is 435 g/mol. The van der Waals surface area contributed by atoms with E-state index in [2.05, 4.69) is 21.0 Å². The van der Waals surface area contributed by atoms with Gasteiger partial charge in [0.15, 0.2) is 5.82 Å². The first-order valence-corrected chi connectivity index (χ1v) is 11.8. The lowest BCUT2D eigenvalue weighted by atomic mass is 9.99. The molecule has 3 heterocycles. The van der Waals surface area contributed by atoms with Crippen LogP contribution in [0.1, 0.15) is 31.0 Å². The molecule has 6 nitrogen and oxygen atoms in total. The molecule has 1 saturated carbocycles. The Morgan fingerprint density at radius 3 is 2.53 bits per heavy atom. The highest BCUT2D eigenvalue weighted by atomic mass is 32.2. The SMILES string of the molecule is CC[SH](C)(=O)c1cc(C2(C#N)CC2)cnc1-c1nc2cc(C(F)(F)F)ncc2n1C. The highest BCUT2D eigenvalue weighted by Gasteiger charge is 2.46. The summed E-state index contributed by atoms with van der Waals surface area (Å²) in [5.74, 6) is 0.694. The van der Waals surface area contributed by atoms with Crippen LogP contribution in [-0.4, -0.2) is 35.7 Å². The summed E-state index contributed by atoms with van der Waals surface area (Å²) in [6, 6.07) is 4.97. The first-order chi connectivity index (χ1) is 14.0. The molecule has 0 saturated heterocycles. The third-order valence-corrected chi connectivity index (χ3v) is 8.33. The Hall–Kier alpha value is -2.80. The number of nitriles is 1. The molecule has 0 atom stereocenters. The molecule has 3 aromatic rings. The predicted octanol–water partition coefficient (Wildman–Crippen LogP) is 3.63. The van der Waals surface area contributed by atoms with Crippen LogP contribution in [0.2, 0.25) is 0 Å². The van der Waals surface area contributed by atoms with Crippen molar-refractivity contribution in [3.63, 3.8) is 0 Å². The molecule has 158 valence electrons. The Bertz CT molecular complexity index is 1250. The minimum Gasteiger partial charge on any atom is -0.325 e. The van der Waals surface area contributed by atoms with Gasteiger partial charge in [-0.15, -0.1) is 0 Å². The number of hydrogen-bond acceptors (Lipinski definition) is 5. The maximum Gasteiger partial charge on any atom is 0.433 e. The Kier molecular flexibility index (Phi) is 4.51. The molecule has 0 aliphatic heterocycles. The summed E-state index contributed by atoms with van der Waals surface area (Å²) in [4.78, 5) is 12.9. The topological polar surface area (TPSA) is 84.5 Å². The maximum atomic E-state index is 13.4. The summed E-state index contributed by atoms with van der Waals surface area (Å²) < 4.78 is 54.1. The van der Waals surface area contributed by atoms with E-state index in [0.29, 0.717) is 27.7 Å². The van der Waals surface area contributed by atoms with Gasteiger partial charge < -0.3 is 4.57 Å². The first kappa shape index (κ1) is 20.5. The second kappa shape index (κ2) is 6.60. The first-order valence-electron chi connectivity index (χ1n) is 9.41. The zero-order chi connectivity index (χ0) is 21.9. The van der Waals surface area contributed by atoms with Crippen LogP contribution in [0.3, 0.4) is 0 Å². The molecule has 3 aromatic heterocycles. The van der Waals surface area contributed by atoms with E-state index in [4.69, 9.17) is 0 Å². The highest BCUT2D eigenvalue weighted by Crippen LogP contribution is 2.48. The van der Waals surface area contributed by atoms with E-state index in [9.17, 15) is 22.6 Å². The fourth-order valence-corrected chi connectivity index (χ4v) is 4.82. The molecule has 0 unspecified atom stereocenters. The zero-order valence-electron chi connectivity index (χ0n) is 16.7. The van der Waals surface area contributed by atoms with E-state index in [0.717, 1.165) is 30.7 Å². The van der Waals surface area contributed by atoms with Crippen molar-refractivity contribution in [1.82, 2.24) is 19.5 Å². The lowest BCUT2D eigenvalue weighted by Crippen LogP contribution is -2.17. The van der Waals surface area contributed by atoms with Crippen LogP contribution in [-0.2, 0) is 28.6 Å².